The second kappa shape index (κ2) is 14.5. The Kier molecular flexibility index (Phi) is 13.2. The average Bonchev–Trinajstić information content (AvgIpc) is 2.64. The van der Waals surface area contributed by atoms with Gasteiger partial charge in [-0.1, -0.05) is 6.42 Å². The van der Waals surface area contributed by atoms with Gasteiger partial charge in [-0.15, -0.1) is 0 Å². The molecule has 0 radical (unpaired) electrons. The minimum atomic E-state index is -1.23. The lowest BCUT2D eigenvalue weighted by Gasteiger charge is -2.22. The molecule has 0 aliphatic heterocycles. The fourth-order valence-electron chi connectivity index (χ4n) is 2.32. The predicted molar refractivity (Wildman–Crippen MR) is 114 cm³/mol. The van der Waals surface area contributed by atoms with Crippen LogP contribution >= 0.6 is 12.6 Å². The summed E-state index contributed by atoms with van der Waals surface area (Å²) in [6, 6.07) is -3.03. The Hall–Kier alpha value is -2.54. The van der Waals surface area contributed by atoms with Gasteiger partial charge in [0.25, 0.3) is 0 Å². The van der Waals surface area contributed by atoms with E-state index in [1.54, 1.807) is 0 Å². The highest BCUT2D eigenvalue weighted by Gasteiger charge is 2.27. The van der Waals surface area contributed by atoms with Gasteiger partial charge in [0.2, 0.25) is 11.8 Å². The summed E-state index contributed by atoms with van der Waals surface area (Å²) in [5.74, 6) is -2.54. The number of unbranched alkanes of at least 4 members (excludes halogenated alkanes) is 1. The Morgan fingerprint density at radius 3 is 2.14 bits per heavy atom. The van der Waals surface area contributed by atoms with Crippen molar-refractivity contribution in [3.05, 3.63) is 0 Å². The van der Waals surface area contributed by atoms with Crippen LogP contribution in [-0.4, -0.2) is 65.1 Å². The molecule has 0 saturated carbocycles. The molecule has 0 bridgehead atoms. The van der Waals surface area contributed by atoms with E-state index in [1.807, 2.05) is 0 Å². The molecule has 0 saturated heterocycles. The summed E-state index contributed by atoms with van der Waals surface area (Å²) in [5, 5.41) is 21.2. The number of carbonyl (C=O) groups excluding carboxylic acids is 2. The van der Waals surface area contributed by atoms with Crippen molar-refractivity contribution in [1.82, 2.24) is 10.6 Å². The van der Waals surface area contributed by atoms with Gasteiger partial charge in [0, 0.05) is 18.7 Å². The normalized spacial score (nSPS) is 13.6. The van der Waals surface area contributed by atoms with Crippen LogP contribution in [0.2, 0.25) is 0 Å². The number of carboxylic acid groups (broad SMARTS) is 1. The van der Waals surface area contributed by atoms with Crippen molar-refractivity contribution < 1.29 is 19.5 Å². The number of nitrogens with two attached hydrogens (primary N) is 4. The van der Waals surface area contributed by atoms with Crippen LogP contribution in [0.15, 0.2) is 4.99 Å². The minimum absolute atomic E-state index is 0.0267. The van der Waals surface area contributed by atoms with Crippen LogP contribution in [0, 0.1) is 5.41 Å². The third kappa shape index (κ3) is 12.5. The second-order valence-corrected chi connectivity index (χ2v) is 6.83. The number of nitrogens with one attached hydrogen (secondary N) is 3. The number of rotatable bonds is 15. The monoisotopic (exact) mass is 432 g/mol. The third-order valence-electron chi connectivity index (χ3n) is 3.92. The van der Waals surface area contributed by atoms with Gasteiger partial charge in [-0.05, 0) is 25.7 Å². The van der Waals surface area contributed by atoms with Gasteiger partial charge in [-0.3, -0.25) is 20.0 Å². The number of carbonyl (C=O) groups is 3. The summed E-state index contributed by atoms with van der Waals surface area (Å²) in [7, 11) is 0. The molecule has 0 aliphatic carbocycles. The number of carboxylic acids is 1. The largest absolute Gasteiger partial charge is 0.480 e. The molecule has 0 fully saturated rings. The molecule has 0 aromatic carbocycles. The van der Waals surface area contributed by atoms with Crippen molar-refractivity contribution >= 4 is 42.2 Å². The van der Waals surface area contributed by atoms with Crippen LogP contribution in [-0.2, 0) is 14.4 Å². The van der Waals surface area contributed by atoms with Crippen molar-refractivity contribution in [3.63, 3.8) is 0 Å². The molecule has 3 atom stereocenters. The Morgan fingerprint density at radius 2 is 1.62 bits per heavy atom. The summed E-state index contributed by atoms with van der Waals surface area (Å²) in [6.45, 7) is 0.320. The van der Waals surface area contributed by atoms with E-state index in [-0.39, 0.29) is 24.0 Å². The van der Waals surface area contributed by atoms with E-state index in [0.29, 0.717) is 38.6 Å². The molecule has 166 valence electrons. The first kappa shape index (κ1) is 26.5. The van der Waals surface area contributed by atoms with Gasteiger partial charge in [0.05, 0.1) is 11.9 Å². The van der Waals surface area contributed by atoms with E-state index in [1.165, 1.54) is 0 Å². The Bertz CT molecular complexity index is 597. The highest BCUT2D eigenvalue weighted by atomic mass is 32.1. The average molecular weight is 433 g/mol. The number of hydrogen-bond donors (Lipinski definition) is 9. The first-order chi connectivity index (χ1) is 13.6. The Morgan fingerprint density at radius 1 is 1.00 bits per heavy atom. The maximum atomic E-state index is 12.5. The summed E-state index contributed by atoms with van der Waals surface area (Å²) in [4.78, 5) is 39.7. The molecular formula is C16H32N8O4S. The smallest absolute Gasteiger partial charge is 0.327 e. The molecule has 12 nitrogen and oxygen atoms in total. The van der Waals surface area contributed by atoms with Crippen molar-refractivity contribution in [2.45, 2.75) is 56.7 Å². The molecule has 0 aromatic heterocycles. The van der Waals surface area contributed by atoms with Crippen LogP contribution < -0.4 is 33.6 Å². The number of nitrogens with zero attached hydrogens (tertiary/aromatic N) is 1. The molecule has 0 aliphatic rings. The summed E-state index contributed by atoms with van der Waals surface area (Å²) in [5.41, 5.74) is 21.6. The standard InChI is InChI=1S/C16H32N8O4S/c17-9(4-3-7-22-16(20)21)13(25)23-10(5-1-2-6-12(18)19)14(26)24-11(8-29)15(27)28/h9-11,29H,1-8,17H2,(H3,18,19)(H,23,25)(H,24,26)(H,27,28)(H4,20,21,22)/t9-,10-,11-/m0/s1. The lowest BCUT2D eigenvalue weighted by Crippen LogP contribution is -2.54. The van der Waals surface area contributed by atoms with Gasteiger partial charge >= 0.3 is 5.97 Å². The molecule has 2 amide bonds. The molecule has 29 heavy (non-hydrogen) atoms. The number of thiol groups is 1. The van der Waals surface area contributed by atoms with Gasteiger partial charge in [-0.25, -0.2) is 4.79 Å². The molecular weight excluding hydrogens is 400 g/mol. The molecule has 0 aromatic rings. The molecule has 12 N–H and O–H groups in total. The van der Waals surface area contributed by atoms with Crippen LogP contribution in [0.3, 0.4) is 0 Å². The highest BCUT2D eigenvalue weighted by molar-refractivity contribution is 7.80. The van der Waals surface area contributed by atoms with E-state index < -0.39 is 35.9 Å². The maximum Gasteiger partial charge on any atom is 0.327 e. The number of aliphatic imine (C=N–C) groups is 1. The van der Waals surface area contributed by atoms with E-state index in [0.717, 1.165) is 0 Å². The van der Waals surface area contributed by atoms with E-state index in [2.05, 4.69) is 28.3 Å². The van der Waals surface area contributed by atoms with E-state index >= 15 is 0 Å². The topological polar surface area (TPSA) is 236 Å². The Balaban J connectivity index is 4.86. The van der Waals surface area contributed by atoms with Crippen LogP contribution in [0.5, 0.6) is 0 Å². The minimum Gasteiger partial charge on any atom is -0.480 e. The maximum absolute atomic E-state index is 12.5. The molecule has 0 unspecified atom stereocenters. The predicted octanol–water partition coefficient (Wildman–Crippen LogP) is -2.15. The van der Waals surface area contributed by atoms with Crippen molar-refractivity contribution in [3.8, 4) is 0 Å². The number of aliphatic carboxylic acids is 1. The van der Waals surface area contributed by atoms with Crippen molar-refractivity contribution in [2.75, 3.05) is 12.3 Å². The zero-order valence-corrected chi connectivity index (χ0v) is 17.2. The number of hydrogen-bond acceptors (Lipinski definition) is 7. The zero-order chi connectivity index (χ0) is 22.4. The van der Waals surface area contributed by atoms with Crippen LogP contribution in [0.25, 0.3) is 0 Å². The van der Waals surface area contributed by atoms with E-state index in [4.69, 9.17) is 33.5 Å². The number of guanidine groups is 1. The molecule has 0 spiro atoms. The highest BCUT2D eigenvalue weighted by Crippen LogP contribution is 2.06. The summed E-state index contributed by atoms with van der Waals surface area (Å²) >= 11 is 3.90. The molecule has 0 heterocycles. The quantitative estimate of drug-likeness (QED) is 0.0596. The lowest BCUT2D eigenvalue weighted by atomic mass is 10.1. The SMILES string of the molecule is N=C(N)CCCC[C@H](NC(=O)[C@@H](N)CCCN=C(N)N)C(=O)N[C@@H](CS)C(=O)O. The van der Waals surface area contributed by atoms with Gasteiger partial charge in [0.1, 0.15) is 12.1 Å². The molecule has 0 rings (SSSR count). The molecule has 13 heteroatoms. The van der Waals surface area contributed by atoms with E-state index in [9.17, 15) is 14.4 Å². The summed E-state index contributed by atoms with van der Waals surface area (Å²) < 4.78 is 0. The van der Waals surface area contributed by atoms with Crippen LogP contribution in [0.4, 0.5) is 0 Å². The zero-order valence-electron chi connectivity index (χ0n) is 16.3. The van der Waals surface area contributed by atoms with Gasteiger partial charge in [0.15, 0.2) is 5.96 Å². The first-order valence-electron chi connectivity index (χ1n) is 9.16. The Labute approximate surface area is 175 Å². The van der Waals surface area contributed by atoms with Gasteiger partial charge in [-0.2, -0.15) is 12.6 Å². The first-order valence-corrected chi connectivity index (χ1v) is 9.80. The summed E-state index contributed by atoms with van der Waals surface area (Å²) in [6.07, 6.45) is 2.43. The second-order valence-electron chi connectivity index (χ2n) is 6.47. The van der Waals surface area contributed by atoms with Crippen molar-refractivity contribution in [1.29, 1.82) is 5.41 Å². The van der Waals surface area contributed by atoms with Gasteiger partial charge < -0.3 is 38.7 Å². The fourth-order valence-corrected chi connectivity index (χ4v) is 2.57. The number of amidine groups is 1. The van der Waals surface area contributed by atoms with Crippen molar-refractivity contribution in [2.24, 2.45) is 27.9 Å². The van der Waals surface area contributed by atoms with Crippen LogP contribution in [0.1, 0.15) is 38.5 Å². The number of amides is 2. The fraction of sp³-hybridized carbons (Fsp3) is 0.688. The lowest BCUT2D eigenvalue weighted by molar-refractivity contribution is -0.141. The third-order valence-corrected chi connectivity index (χ3v) is 4.29.